The molecule has 3 fully saturated rings. The summed E-state index contributed by atoms with van der Waals surface area (Å²) in [4.78, 5) is 22.0. The van der Waals surface area contributed by atoms with E-state index in [2.05, 4.69) is 47.6 Å². The summed E-state index contributed by atoms with van der Waals surface area (Å²) in [6.07, 6.45) is 21.9. The predicted molar refractivity (Wildman–Crippen MR) is 198 cm³/mol. The number of nitrogens with zero attached hydrogens (tertiary/aromatic N) is 5. The molecule has 50 heavy (non-hydrogen) atoms. The fourth-order valence-electron chi connectivity index (χ4n) is 8.91. The fraction of sp³-hybridized carbons (Fsp3) is 0.667. The number of anilines is 1. The van der Waals surface area contributed by atoms with Crippen LogP contribution in [-0.4, -0.2) is 68.0 Å². The van der Waals surface area contributed by atoms with E-state index in [0.717, 1.165) is 56.7 Å². The topological polar surface area (TPSA) is 145 Å². The van der Waals surface area contributed by atoms with Gasteiger partial charge in [0.15, 0.2) is 11.6 Å². The Morgan fingerprint density at radius 1 is 1.02 bits per heavy atom. The number of amides is 1. The monoisotopic (exact) mass is 685 g/mol. The first-order chi connectivity index (χ1) is 24.6. The van der Waals surface area contributed by atoms with E-state index in [0.29, 0.717) is 48.6 Å². The van der Waals surface area contributed by atoms with Gasteiger partial charge in [0.1, 0.15) is 12.0 Å². The molecule has 1 aromatic carbocycles. The number of carbonyl (C=O) groups excluding carboxylic acids is 1. The van der Waals surface area contributed by atoms with Gasteiger partial charge in [-0.15, -0.1) is 10.2 Å². The van der Waals surface area contributed by atoms with Gasteiger partial charge in [-0.05, 0) is 74.8 Å². The van der Waals surface area contributed by atoms with Crippen molar-refractivity contribution in [3.05, 3.63) is 54.2 Å². The van der Waals surface area contributed by atoms with Crippen LogP contribution in [0.4, 0.5) is 5.69 Å². The van der Waals surface area contributed by atoms with E-state index in [1.807, 2.05) is 30.3 Å². The van der Waals surface area contributed by atoms with Gasteiger partial charge in [0.05, 0.1) is 19.3 Å². The number of aromatic nitrogens is 5. The second-order valence-electron chi connectivity index (χ2n) is 14.8. The molecule has 3 aromatic rings. The molecule has 0 radical (unpaired) electrons. The highest BCUT2D eigenvalue weighted by molar-refractivity contribution is 5.95. The minimum atomic E-state index is -0.0191. The summed E-state index contributed by atoms with van der Waals surface area (Å²) in [5.74, 6) is 2.48. The quantitative estimate of drug-likeness (QED) is 0.174. The fourth-order valence-corrected chi connectivity index (χ4v) is 8.91. The smallest absolute Gasteiger partial charge is 0.251 e. The normalized spacial score (nSPS) is 24.4. The highest BCUT2D eigenvalue weighted by Crippen LogP contribution is 2.41. The van der Waals surface area contributed by atoms with E-state index in [1.54, 1.807) is 6.20 Å². The lowest BCUT2D eigenvalue weighted by molar-refractivity contribution is 0.0110. The highest BCUT2D eigenvalue weighted by atomic mass is 16.5. The van der Waals surface area contributed by atoms with Crippen molar-refractivity contribution >= 4 is 11.6 Å². The molecule has 6 rings (SSSR count). The second-order valence-corrected chi connectivity index (χ2v) is 14.8. The Morgan fingerprint density at radius 2 is 1.82 bits per heavy atom. The summed E-state index contributed by atoms with van der Waals surface area (Å²) in [5.41, 5.74) is 8.77. The summed E-state index contributed by atoms with van der Waals surface area (Å²) in [6.45, 7) is 5.63. The molecule has 3 heterocycles. The summed E-state index contributed by atoms with van der Waals surface area (Å²) in [7, 11) is 0. The Morgan fingerprint density at radius 3 is 2.58 bits per heavy atom. The number of nitrogens with two attached hydrogens (primary N) is 1. The van der Waals surface area contributed by atoms with Crippen LogP contribution in [0.15, 0.2) is 42.9 Å². The molecule has 1 amide bonds. The van der Waals surface area contributed by atoms with Gasteiger partial charge in [-0.2, -0.15) is 0 Å². The van der Waals surface area contributed by atoms with Crippen molar-refractivity contribution in [2.45, 2.75) is 134 Å². The van der Waals surface area contributed by atoms with Crippen LogP contribution in [0.3, 0.4) is 0 Å². The molecule has 11 heteroatoms. The van der Waals surface area contributed by atoms with Crippen molar-refractivity contribution in [2.75, 3.05) is 25.0 Å². The van der Waals surface area contributed by atoms with Crippen LogP contribution in [0.25, 0.3) is 11.5 Å². The Kier molecular flexibility index (Phi) is 13.2. The lowest BCUT2D eigenvalue weighted by Crippen LogP contribution is -2.59. The molecule has 4 unspecified atom stereocenters. The molecule has 1 aliphatic heterocycles. The van der Waals surface area contributed by atoms with Crippen LogP contribution < -0.4 is 21.7 Å². The van der Waals surface area contributed by atoms with E-state index in [-0.39, 0.29) is 23.6 Å². The summed E-state index contributed by atoms with van der Waals surface area (Å²) in [6, 6.07) is 9.67. The molecule has 0 bridgehead atoms. The Labute approximate surface area is 298 Å². The molecule has 272 valence electrons. The van der Waals surface area contributed by atoms with E-state index in [1.165, 1.54) is 70.5 Å². The first kappa shape index (κ1) is 36.4. The van der Waals surface area contributed by atoms with Crippen LogP contribution in [-0.2, 0) is 17.8 Å². The third-order valence-electron chi connectivity index (χ3n) is 11.6. The molecule has 1 spiro atoms. The summed E-state index contributed by atoms with van der Waals surface area (Å²) < 4.78 is 8.30. The standard InChI is InChI=1S/C39H59N9O2/c1-2-32-30(17-22-45-39(32)19-10-6-4-3-5-7-11-20-39)26-43-38(49)29-13-12-14-31(25-29)42-27-36-46-47-37(34-18-21-41-28-44-34)48(36)23-24-50-35-16-9-8-15-33(35)40/h12-14,18,21,25,28,30,32-33,35,42,45H,2-11,15-17,19-20,22-24,26-27,40H2,1H3,(H,43,49). The molecule has 2 saturated carbocycles. The van der Waals surface area contributed by atoms with E-state index >= 15 is 0 Å². The minimum absolute atomic E-state index is 0.0191. The Bertz CT molecular complexity index is 1470. The van der Waals surface area contributed by atoms with Gasteiger partial charge >= 0.3 is 0 Å². The summed E-state index contributed by atoms with van der Waals surface area (Å²) in [5, 5.41) is 19.9. The Hall–Kier alpha value is -3.41. The van der Waals surface area contributed by atoms with Crippen molar-refractivity contribution in [3.8, 4) is 11.5 Å². The van der Waals surface area contributed by atoms with Crippen molar-refractivity contribution in [1.29, 1.82) is 0 Å². The Balaban J connectivity index is 1.07. The average Bonchev–Trinajstić information content (AvgIpc) is 3.56. The first-order valence-electron chi connectivity index (χ1n) is 19.5. The third kappa shape index (κ3) is 9.27. The number of benzene rings is 1. The molecule has 3 aliphatic rings. The second kappa shape index (κ2) is 18.2. The van der Waals surface area contributed by atoms with Gasteiger partial charge in [0.25, 0.3) is 5.91 Å². The van der Waals surface area contributed by atoms with Crippen LogP contribution in [0, 0.1) is 11.8 Å². The number of piperidine rings is 1. The van der Waals surface area contributed by atoms with E-state index in [4.69, 9.17) is 10.5 Å². The zero-order valence-corrected chi connectivity index (χ0v) is 30.1. The molecule has 5 N–H and O–H groups in total. The lowest BCUT2D eigenvalue weighted by atomic mass is 9.65. The molecular weight excluding hydrogens is 626 g/mol. The number of nitrogens with one attached hydrogen (secondary N) is 3. The summed E-state index contributed by atoms with van der Waals surface area (Å²) >= 11 is 0. The maximum Gasteiger partial charge on any atom is 0.251 e. The van der Waals surface area contributed by atoms with Gasteiger partial charge in [-0.3, -0.25) is 4.79 Å². The first-order valence-corrected chi connectivity index (χ1v) is 19.5. The van der Waals surface area contributed by atoms with Gasteiger partial charge in [-0.1, -0.05) is 77.2 Å². The number of hydrogen-bond donors (Lipinski definition) is 4. The van der Waals surface area contributed by atoms with Gasteiger partial charge in [0.2, 0.25) is 0 Å². The van der Waals surface area contributed by atoms with Crippen molar-refractivity contribution in [1.82, 2.24) is 35.4 Å². The maximum atomic E-state index is 13.5. The van der Waals surface area contributed by atoms with Gasteiger partial charge in [0, 0.05) is 42.1 Å². The zero-order chi connectivity index (χ0) is 34.6. The minimum Gasteiger partial charge on any atom is -0.378 e. The number of ether oxygens (including phenoxy) is 1. The van der Waals surface area contributed by atoms with Crippen LogP contribution in [0.5, 0.6) is 0 Å². The molecular formula is C39H59N9O2. The highest BCUT2D eigenvalue weighted by Gasteiger charge is 2.43. The number of carbonyl (C=O) groups is 1. The SMILES string of the molecule is CCC1C(CNC(=O)c2cccc(NCc3nnc(-c4ccncn4)n3CCOC3CCCCC3N)c2)CCNC12CCCCCCCCC2. The number of hydrogen-bond acceptors (Lipinski definition) is 9. The zero-order valence-electron chi connectivity index (χ0n) is 30.1. The van der Waals surface area contributed by atoms with Crippen LogP contribution in [0.1, 0.15) is 119 Å². The van der Waals surface area contributed by atoms with E-state index in [9.17, 15) is 4.79 Å². The third-order valence-corrected chi connectivity index (χ3v) is 11.6. The van der Waals surface area contributed by atoms with E-state index < -0.39 is 0 Å². The number of rotatable bonds is 12. The molecule has 4 atom stereocenters. The molecule has 2 aliphatic carbocycles. The maximum absolute atomic E-state index is 13.5. The van der Waals surface area contributed by atoms with Gasteiger partial charge < -0.3 is 31.0 Å². The largest absolute Gasteiger partial charge is 0.378 e. The lowest BCUT2D eigenvalue weighted by Gasteiger charge is -2.50. The van der Waals surface area contributed by atoms with Crippen LogP contribution >= 0.6 is 0 Å². The molecule has 1 saturated heterocycles. The molecule has 2 aromatic heterocycles. The predicted octanol–water partition coefficient (Wildman–Crippen LogP) is 6.26. The molecule has 11 nitrogen and oxygen atoms in total. The average molecular weight is 686 g/mol. The van der Waals surface area contributed by atoms with Crippen LogP contribution in [0.2, 0.25) is 0 Å². The van der Waals surface area contributed by atoms with Crippen molar-refractivity contribution in [3.63, 3.8) is 0 Å². The van der Waals surface area contributed by atoms with Crippen molar-refractivity contribution in [2.24, 2.45) is 17.6 Å². The van der Waals surface area contributed by atoms with Gasteiger partial charge in [-0.25, -0.2) is 9.97 Å². The van der Waals surface area contributed by atoms with Crippen molar-refractivity contribution < 1.29 is 9.53 Å².